The van der Waals surface area contributed by atoms with Crippen LogP contribution in [0.15, 0.2) is 18.3 Å². The van der Waals surface area contributed by atoms with E-state index in [0.29, 0.717) is 12.8 Å². The molecule has 5 heteroatoms. The van der Waals surface area contributed by atoms with E-state index in [1.165, 1.54) is 19.3 Å². The van der Waals surface area contributed by atoms with Gasteiger partial charge in [0.25, 0.3) is 0 Å². The van der Waals surface area contributed by atoms with E-state index in [-0.39, 0.29) is 11.8 Å². The standard InChI is InChI=1S/C18H27N3O2/c1-3-5-14-9-10-21(13-14)17-8-7-15(12-20-17)16(6-4-11-22)18(23)19-2/h7-8,11-12,14,16H,3-6,9-10,13H2,1-2H3,(H,19,23). The molecule has 2 heterocycles. The van der Waals surface area contributed by atoms with Gasteiger partial charge in [-0.2, -0.15) is 0 Å². The van der Waals surface area contributed by atoms with Gasteiger partial charge in [-0.05, 0) is 36.8 Å². The highest BCUT2D eigenvalue weighted by Gasteiger charge is 2.24. The molecule has 1 aromatic rings. The van der Waals surface area contributed by atoms with E-state index >= 15 is 0 Å². The summed E-state index contributed by atoms with van der Waals surface area (Å²) in [5.74, 6) is 1.38. The van der Waals surface area contributed by atoms with Crippen molar-refractivity contribution in [1.82, 2.24) is 10.3 Å². The Bertz CT molecular complexity index is 516. The zero-order valence-corrected chi connectivity index (χ0v) is 14.1. The monoisotopic (exact) mass is 317 g/mol. The van der Waals surface area contributed by atoms with Crippen LogP contribution in [0.3, 0.4) is 0 Å². The summed E-state index contributed by atoms with van der Waals surface area (Å²) in [6, 6.07) is 3.97. The lowest BCUT2D eigenvalue weighted by atomic mass is 9.95. The number of carbonyl (C=O) groups is 2. The van der Waals surface area contributed by atoms with E-state index in [9.17, 15) is 9.59 Å². The number of amides is 1. The van der Waals surface area contributed by atoms with Gasteiger partial charge in [-0.25, -0.2) is 4.98 Å². The lowest BCUT2D eigenvalue weighted by Gasteiger charge is -2.19. The number of likely N-dealkylation sites (N-methyl/N-ethyl adjacent to an activating group) is 1. The molecule has 0 saturated carbocycles. The first kappa shape index (κ1) is 17.4. The first-order valence-electron chi connectivity index (χ1n) is 8.55. The number of hydrogen-bond acceptors (Lipinski definition) is 4. The van der Waals surface area contributed by atoms with Crippen LogP contribution in [-0.4, -0.2) is 37.3 Å². The van der Waals surface area contributed by atoms with Gasteiger partial charge in [-0.15, -0.1) is 0 Å². The zero-order valence-electron chi connectivity index (χ0n) is 14.1. The quantitative estimate of drug-likeness (QED) is 0.748. The van der Waals surface area contributed by atoms with E-state index in [2.05, 4.69) is 22.1 Å². The van der Waals surface area contributed by atoms with Crippen molar-refractivity contribution in [3.05, 3.63) is 23.9 Å². The summed E-state index contributed by atoms with van der Waals surface area (Å²) in [4.78, 5) is 29.5. The molecule has 1 aliphatic heterocycles. The summed E-state index contributed by atoms with van der Waals surface area (Å²) < 4.78 is 0. The van der Waals surface area contributed by atoms with Gasteiger partial charge in [0, 0.05) is 32.8 Å². The maximum Gasteiger partial charge on any atom is 0.227 e. The molecule has 5 nitrogen and oxygen atoms in total. The molecule has 1 N–H and O–H groups in total. The molecule has 2 atom stereocenters. The third-order valence-corrected chi connectivity index (χ3v) is 4.62. The average molecular weight is 317 g/mol. The number of hydrogen-bond donors (Lipinski definition) is 1. The summed E-state index contributed by atoms with van der Waals surface area (Å²) in [5.41, 5.74) is 0.874. The Morgan fingerprint density at radius 3 is 2.96 bits per heavy atom. The van der Waals surface area contributed by atoms with Crippen LogP contribution < -0.4 is 10.2 Å². The molecule has 1 amide bonds. The fourth-order valence-electron chi connectivity index (χ4n) is 3.33. The lowest BCUT2D eigenvalue weighted by Crippen LogP contribution is -2.26. The van der Waals surface area contributed by atoms with Crippen LogP contribution >= 0.6 is 0 Å². The molecule has 0 bridgehead atoms. The van der Waals surface area contributed by atoms with Crippen LogP contribution in [0.5, 0.6) is 0 Å². The molecule has 1 aliphatic rings. The second kappa shape index (κ2) is 8.65. The summed E-state index contributed by atoms with van der Waals surface area (Å²) in [6.07, 6.45) is 7.28. The number of anilines is 1. The van der Waals surface area contributed by atoms with Gasteiger partial charge in [0.05, 0.1) is 5.92 Å². The van der Waals surface area contributed by atoms with Crippen molar-refractivity contribution in [2.24, 2.45) is 5.92 Å². The molecular formula is C18H27N3O2. The smallest absolute Gasteiger partial charge is 0.227 e. The Labute approximate surface area is 138 Å². The predicted molar refractivity (Wildman–Crippen MR) is 91.6 cm³/mol. The minimum atomic E-state index is -0.307. The van der Waals surface area contributed by atoms with Crippen LogP contribution in [0.1, 0.15) is 50.5 Å². The summed E-state index contributed by atoms with van der Waals surface area (Å²) in [5, 5.41) is 2.67. The topological polar surface area (TPSA) is 62.3 Å². The molecule has 23 heavy (non-hydrogen) atoms. The number of pyridine rings is 1. The van der Waals surface area contributed by atoms with Crippen molar-refractivity contribution in [3.63, 3.8) is 0 Å². The van der Waals surface area contributed by atoms with Crippen molar-refractivity contribution in [1.29, 1.82) is 0 Å². The fraction of sp³-hybridized carbons (Fsp3) is 0.611. The molecule has 2 unspecified atom stereocenters. The first-order valence-corrected chi connectivity index (χ1v) is 8.55. The Morgan fingerprint density at radius 2 is 2.35 bits per heavy atom. The second-order valence-corrected chi connectivity index (χ2v) is 6.25. The normalized spacial score (nSPS) is 18.7. The average Bonchev–Trinajstić information content (AvgIpc) is 3.04. The second-order valence-electron chi connectivity index (χ2n) is 6.25. The maximum atomic E-state index is 12.0. The Morgan fingerprint density at radius 1 is 1.52 bits per heavy atom. The van der Waals surface area contributed by atoms with Crippen LogP contribution in [0, 0.1) is 5.92 Å². The van der Waals surface area contributed by atoms with Crippen LogP contribution in [0.2, 0.25) is 0 Å². The van der Waals surface area contributed by atoms with Crippen molar-refractivity contribution >= 4 is 18.0 Å². The van der Waals surface area contributed by atoms with Gasteiger partial charge >= 0.3 is 0 Å². The van der Waals surface area contributed by atoms with Gasteiger partial charge < -0.3 is 15.0 Å². The van der Waals surface area contributed by atoms with Gasteiger partial charge in [0.15, 0.2) is 0 Å². The van der Waals surface area contributed by atoms with E-state index in [0.717, 1.165) is 36.7 Å². The zero-order chi connectivity index (χ0) is 16.7. The molecule has 0 aliphatic carbocycles. The van der Waals surface area contributed by atoms with E-state index in [1.807, 2.05) is 12.1 Å². The number of nitrogens with one attached hydrogen (secondary N) is 1. The van der Waals surface area contributed by atoms with Crippen molar-refractivity contribution in [3.8, 4) is 0 Å². The van der Waals surface area contributed by atoms with Crippen LogP contribution in [0.4, 0.5) is 5.82 Å². The molecule has 126 valence electrons. The molecule has 2 rings (SSSR count). The highest BCUT2D eigenvalue weighted by atomic mass is 16.1. The van der Waals surface area contributed by atoms with E-state index < -0.39 is 0 Å². The van der Waals surface area contributed by atoms with Crippen molar-refractivity contribution in [2.75, 3.05) is 25.0 Å². The Kier molecular flexibility index (Phi) is 6.56. The number of aromatic nitrogens is 1. The minimum Gasteiger partial charge on any atom is -0.359 e. The molecule has 0 aromatic carbocycles. The fourth-order valence-corrected chi connectivity index (χ4v) is 3.33. The molecule has 1 fully saturated rings. The van der Waals surface area contributed by atoms with Gasteiger partial charge in [-0.1, -0.05) is 19.4 Å². The van der Waals surface area contributed by atoms with Crippen LogP contribution in [-0.2, 0) is 9.59 Å². The molecule has 0 radical (unpaired) electrons. The number of aldehydes is 1. The molecular weight excluding hydrogens is 290 g/mol. The van der Waals surface area contributed by atoms with Crippen LogP contribution in [0.25, 0.3) is 0 Å². The van der Waals surface area contributed by atoms with E-state index in [1.54, 1.807) is 13.2 Å². The van der Waals surface area contributed by atoms with Crippen molar-refractivity contribution < 1.29 is 9.59 Å². The third kappa shape index (κ3) is 4.53. The number of rotatable bonds is 8. The summed E-state index contributed by atoms with van der Waals surface area (Å²) in [7, 11) is 1.62. The molecule has 1 saturated heterocycles. The predicted octanol–water partition coefficient (Wildman–Crippen LogP) is 2.52. The molecule has 0 spiro atoms. The van der Waals surface area contributed by atoms with Crippen molar-refractivity contribution in [2.45, 2.75) is 44.9 Å². The van der Waals surface area contributed by atoms with E-state index in [4.69, 9.17) is 0 Å². The Balaban J connectivity index is 2.05. The number of nitrogens with zero attached hydrogens (tertiary/aromatic N) is 2. The van der Waals surface area contributed by atoms with Gasteiger partial charge in [0.1, 0.15) is 12.1 Å². The van der Waals surface area contributed by atoms with Gasteiger partial charge in [0.2, 0.25) is 5.91 Å². The van der Waals surface area contributed by atoms with Gasteiger partial charge in [-0.3, -0.25) is 4.79 Å². The highest BCUT2D eigenvalue weighted by molar-refractivity contribution is 5.83. The summed E-state index contributed by atoms with van der Waals surface area (Å²) in [6.45, 7) is 4.36. The maximum absolute atomic E-state index is 12.0. The number of carbonyl (C=O) groups excluding carboxylic acids is 2. The molecule has 1 aromatic heterocycles. The largest absolute Gasteiger partial charge is 0.359 e. The SMILES string of the molecule is CCCC1CCN(c2ccc(C(CCC=O)C(=O)NC)cn2)C1. The Hall–Kier alpha value is -1.91. The lowest BCUT2D eigenvalue weighted by molar-refractivity contribution is -0.122. The minimum absolute atomic E-state index is 0.0643. The third-order valence-electron chi connectivity index (χ3n) is 4.62. The summed E-state index contributed by atoms with van der Waals surface area (Å²) >= 11 is 0. The highest BCUT2D eigenvalue weighted by Crippen LogP contribution is 2.27. The first-order chi connectivity index (χ1) is 11.2.